The van der Waals surface area contributed by atoms with Gasteiger partial charge in [0.15, 0.2) is 0 Å². The molecule has 0 saturated carbocycles. The van der Waals surface area contributed by atoms with E-state index in [4.69, 9.17) is 4.74 Å². The van der Waals surface area contributed by atoms with E-state index in [9.17, 15) is 17.6 Å². The van der Waals surface area contributed by atoms with Crippen molar-refractivity contribution in [1.82, 2.24) is 19.2 Å². The lowest BCUT2D eigenvalue weighted by molar-refractivity contribution is -0.0440. The Morgan fingerprint density at radius 3 is 2.50 bits per heavy atom. The van der Waals surface area contributed by atoms with E-state index >= 15 is 0 Å². The number of nitrogens with one attached hydrogen (secondary N) is 1. The van der Waals surface area contributed by atoms with Crippen molar-refractivity contribution >= 4 is 15.9 Å². The highest BCUT2D eigenvalue weighted by atomic mass is 32.2. The van der Waals surface area contributed by atoms with Gasteiger partial charge < -0.3 is 14.6 Å². The number of carbonyl (C=O) groups is 1. The summed E-state index contributed by atoms with van der Waals surface area (Å²) >= 11 is 0. The van der Waals surface area contributed by atoms with Crippen LogP contribution in [0.3, 0.4) is 0 Å². The molecule has 0 spiro atoms. The monoisotopic (exact) mass is 486 g/mol. The number of carbonyl (C=O) groups excluding carboxylic acids is 1. The Hall–Kier alpha value is -3.08. The van der Waals surface area contributed by atoms with E-state index in [1.807, 2.05) is 13.8 Å². The lowest BCUT2D eigenvalue weighted by Gasteiger charge is -2.34. The number of ether oxygens (including phenoxy) is 1. The van der Waals surface area contributed by atoms with Gasteiger partial charge in [-0.05, 0) is 49.7 Å². The molecule has 0 bridgehead atoms. The number of hydrogen-bond acceptors (Lipinski definition) is 5. The Labute approximate surface area is 198 Å². The van der Waals surface area contributed by atoms with Crippen LogP contribution in [0.4, 0.5) is 4.39 Å². The van der Waals surface area contributed by atoms with Gasteiger partial charge in [-0.2, -0.15) is 4.31 Å². The highest BCUT2D eigenvalue weighted by Crippen LogP contribution is 2.24. The van der Waals surface area contributed by atoms with Gasteiger partial charge in [0.2, 0.25) is 10.0 Å². The summed E-state index contributed by atoms with van der Waals surface area (Å²) in [5.41, 5.74) is 0.689. The van der Waals surface area contributed by atoms with Crippen LogP contribution in [0.15, 0.2) is 65.8 Å². The molecule has 34 heavy (non-hydrogen) atoms. The number of benzene rings is 2. The molecule has 2 heterocycles. The lowest BCUT2D eigenvalue weighted by atomic mass is 10.0. The SMILES string of the molecule is C[C@@H]1CN(S(=O)(=O)c2cccc(C(=O)N[C@@H](c3cccc(F)c3)c3nccn3C)c2)C[C@H](C)O1. The van der Waals surface area contributed by atoms with Gasteiger partial charge in [-0.3, -0.25) is 4.79 Å². The number of halogens is 1. The molecule has 4 rings (SSSR count). The van der Waals surface area contributed by atoms with Crippen molar-refractivity contribution < 1.29 is 22.3 Å². The Morgan fingerprint density at radius 2 is 1.85 bits per heavy atom. The number of rotatable bonds is 6. The fourth-order valence-electron chi connectivity index (χ4n) is 4.13. The van der Waals surface area contributed by atoms with Gasteiger partial charge in [0.1, 0.15) is 17.7 Å². The van der Waals surface area contributed by atoms with Gasteiger partial charge in [0, 0.05) is 38.1 Å². The topological polar surface area (TPSA) is 93.5 Å². The van der Waals surface area contributed by atoms with Crippen molar-refractivity contribution in [3.8, 4) is 0 Å². The molecular formula is C24H27FN4O4S. The van der Waals surface area contributed by atoms with Crippen molar-refractivity contribution in [2.75, 3.05) is 13.1 Å². The predicted octanol–water partition coefficient (Wildman–Crippen LogP) is 2.88. The minimum Gasteiger partial charge on any atom is -0.373 e. The largest absolute Gasteiger partial charge is 0.373 e. The van der Waals surface area contributed by atoms with Crippen LogP contribution in [0.5, 0.6) is 0 Å². The Bertz CT molecular complexity index is 1280. The maximum Gasteiger partial charge on any atom is 0.252 e. The summed E-state index contributed by atoms with van der Waals surface area (Å²) in [6, 6.07) is 11.1. The van der Waals surface area contributed by atoms with Crippen molar-refractivity contribution in [1.29, 1.82) is 0 Å². The number of hydrogen-bond donors (Lipinski definition) is 1. The van der Waals surface area contributed by atoms with Crippen LogP contribution in [0.2, 0.25) is 0 Å². The molecular weight excluding hydrogens is 459 g/mol. The quantitative estimate of drug-likeness (QED) is 0.578. The van der Waals surface area contributed by atoms with Crippen LogP contribution in [0.1, 0.15) is 41.6 Å². The molecule has 0 unspecified atom stereocenters. The van der Waals surface area contributed by atoms with Crippen molar-refractivity contribution in [3.63, 3.8) is 0 Å². The Balaban J connectivity index is 1.63. The predicted molar refractivity (Wildman–Crippen MR) is 124 cm³/mol. The fraction of sp³-hybridized carbons (Fsp3) is 0.333. The van der Waals surface area contributed by atoms with E-state index in [1.54, 1.807) is 42.2 Å². The Morgan fingerprint density at radius 1 is 1.15 bits per heavy atom. The number of aromatic nitrogens is 2. The number of morpholine rings is 1. The summed E-state index contributed by atoms with van der Waals surface area (Å²) in [5.74, 6) is -0.426. The smallest absolute Gasteiger partial charge is 0.252 e. The van der Waals surface area contributed by atoms with Gasteiger partial charge in [-0.1, -0.05) is 18.2 Å². The van der Waals surface area contributed by atoms with Gasteiger partial charge in [0.25, 0.3) is 5.91 Å². The molecule has 1 fully saturated rings. The minimum absolute atomic E-state index is 0.0285. The van der Waals surface area contributed by atoms with E-state index in [-0.39, 0.29) is 35.8 Å². The molecule has 3 atom stereocenters. The molecule has 1 aliphatic rings. The number of aryl methyl sites for hydroxylation is 1. The summed E-state index contributed by atoms with van der Waals surface area (Å²) in [7, 11) is -2.04. The average molecular weight is 487 g/mol. The molecule has 2 aromatic carbocycles. The molecule has 1 N–H and O–H groups in total. The number of imidazole rings is 1. The molecule has 1 aromatic heterocycles. The molecule has 8 nitrogen and oxygen atoms in total. The summed E-state index contributed by atoms with van der Waals surface area (Å²) < 4.78 is 49.2. The zero-order valence-corrected chi connectivity index (χ0v) is 20.0. The third-order valence-corrected chi connectivity index (χ3v) is 7.52. The molecule has 1 aliphatic heterocycles. The van der Waals surface area contributed by atoms with Crippen LogP contribution in [0.25, 0.3) is 0 Å². The summed E-state index contributed by atoms with van der Waals surface area (Å²) in [5, 5.41) is 2.88. The van der Waals surface area contributed by atoms with E-state index in [2.05, 4.69) is 10.3 Å². The maximum absolute atomic E-state index is 13.9. The van der Waals surface area contributed by atoms with Crippen LogP contribution >= 0.6 is 0 Å². The summed E-state index contributed by atoms with van der Waals surface area (Å²) in [6.07, 6.45) is 2.86. The first-order valence-electron chi connectivity index (χ1n) is 10.9. The van der Waals surface area contributed by atoms with Crippen molar-refractivity contribution in [2.45, 2.75) is 37.0 Å². The van der Waals surface area contributed by atoms with E-state index < -0.39 is 27.8 Å². The van der Waals surface area contributed by atoms with E-state index in [0.29, 0.717) is 11.4 Å². The van der Waals surface area contributed by atoms with Gasteiger partial charge in [-0.25, -0.2) is 17.8 Å². The van der Waals surface area contributed by atoms with Crippen molar-refractivity contribution in [3.05, 3.63) is 83.7 Å². The zero-order chi connectivity index (χ0) is 24.5. The lowest BCUT2D eigenvalue weighted by Crippen LogP contribution is -2.48. The molecule has 10 heteroatoms. The fourth-order valence-corrected chi connectivity index (χ4v) is 5.76. The van der Waals surface area contributed by atoms with Gasteiger partial charge in [0.05, 0.1) is 17.1 Å². The molecule has 0 aliphatic carbocycles. The normalized spacial score (nSPS) is 20.1. The first kappa shape index (κ1) is 24.1. The molecule has 3 aromatic rings. The maximum atomic E-state index is 13.9. The second-order valence-corrected chi connectivity index (χ2v) is 10.4. The first-order valence-corrected chi connectivity index (χ1v) is 12.4. The van der Waals surface area contributed by atoms with Crippen molar-refractivity contribution in [2.24, 2.45) is 7.05 Å². The van der Waals surface area contributed by atoms with Gasteiger partial charge >= 0.3 is 0 Å². The second-order valence-electron chi connectivity index (χ2n) is 8.46. The molecule has 1 saturated heterocycles. The summed E-state index contributed by atoms with van der Waals surface area (Å²) in [4.78, 5) is 17.5. The molecule has 0 radical (unpaired) electrons. The Kier molecular flexibility index (Phi) is 6.83. The number of sulfonamides is 1. The zero-order valence-electron chi connectivity index (χ0n) is 19.2. The van der Waals surface area contributed by atoms with Crippen LogP contribution < -0.4 is 5.32 Å². The number of amides is 1. The number of nitrogens with zero attached hydrogens (tertiary/aromatic N) is 3. The third kappa shape index (κ3) is 5.03. The van der Waals surface area contributed by atoms with Crippen LogP contribution in [-0.4, -0.2) is 53.5 Å². The average Bonchev–Trinajstić information content (AvgIpc) is 3.22. The minimum atomic E-state index is -3.81. The molecule has 1 amide bonds. The van der Waals surface area contributed by atoms with E-state index in [1.165, 1.54) is 34.6 Å². The highest BCUT2D eigenvalue weighted by molar-refractivity contribution is 7.89. The highest BCUT2D eigenvalue weighted by Gasteiger charge is 2.32. The first-order chi connectivity index (χ1) is 16.1. The van der Waals surface area contributed by atoms with Crippen LogP contribution in [0, 0.1) is 5.82 Å². The second kappa shape index (κ2) is 9.65. The summed E-state index contributed by atoms with van der Waals surface area (Å²) in [6.45, 7) is 4.13. The third-order valence-electron chi connectivity index (χ3n) is 5.69. The van der Waals surface area contributed by atoms with Gasteiger partial charge in [-0.15, -0.1) is 0 Å². The van der Waals surface area contributed by atoms with E-state index in [0.717, 1.165) is 0 Å². The van der Waals surface area contributed by atoms with Crippen LogP contribution in [-0.2, 0) is 21.8 Å². The standard InChI is InChI=1S/C24H27FN4O4S/c1-16-14-29(15-17(2)33-16)34(31,32)21-9-5-7-19(13-21)24(30)27-22(23-26-10-11-28(23)3)18-6-4-8-20(25)12-18/h4-13,16-17,22H,14-15H2,1-3H3,(H,27,30)/t16-,17+,22-/m0/s1. The molecule has 180 valence electrons.